The fourth-order valence-corrected chi connectivity index (χ4v) is 2.18. The molecule has 1 aromatic heterocycles. The van der Waals surface area contributed by atoms with Gasteiger partial charge in [-0.05, 0) is 42.7 Å². The molecular weight excluding hydrogens is 272 g/mol. The van der Waals surface area contributed by atoms with Gasteiger partial charge in [-0.25, -0.2) is 0 Å². The van der Waals surface area contributed by atoms with Crippen LogP contribution in [0.2, 0.25) is 5.02 Å². The average Bonchev–Trinajstić information content (AvgIpc) is 2.46. The van der Waals surface area contributed by atoms with Gasteiger partial charge in [0.1, 0.15) is 0 Å². The number of nitrogens with zero attached hydrogens (tertiary/aromatic N) is 1. The lowest BCUT2D eigenvalue weighted by molar-refractivity contribution is -0.121. The first kappa shape index (κ1) is 14.5. The monoisotopic (exact) mass is 288 g/mol. The number of carbonyl (C=O) groups excluding carboxylic acids is 1. The van der Waals surface area contributed by atoms with E-state index in [-0.39, 0.29) is 11.9 Å². The summed E-state index contributed by atoms with van der Waals surface area (Å²) in [5, 5.41) is 3.66. The molecule has 1 aromatic carbocycles. The molecule has 0 saturated heterocycles. The Bertz CT molecular complexity index is 572. The zero-order valence-electron chi connectivity index (χ0n) is 11.3. The molecule has 3 nitrogen and oxygen atoms in total. The lowest BCUT2D eigenvalue weighted by Crippen LogP contribution is -2.26. The van der Waals surface area contributed by atoms with Crippen LogP contribution in [0.3, 0.4) is 0 Å². The molecule has 1 N–H and O–H groups in total. The first-order valence-corrected chi connectivity index (χ1v) is 6.96. The molecule has 0 radical (unpaired) electrons. The fraction of sp³-hybridized carbons (Fsp3) is 0.250. The summed E-state index contributed by atoms with van der Waals surface area (Å²) in [5.74, 6) is 0.0290. The lowest BCUT2D eigenvalue weighted by Gasteiger charge is -2.14. The van der Waals surface area contributed by atoms with Crippen LogP contribution in [0.5, 0.6) is 0 Å². The highest BCUT2D eigenvalue weighted by Gasteiger charge is 2.09. The highest BCUT2D eigenvalue weighted by atomic mass is 35.5. The van der Waals surface area contributed by atoms with E-state index in [4.69, 9.17) is 11.6 Å². The Morgan fingerprint density at radius 1 is 1.35 bits per heavy atom. The Balaban J connectivity index is 1.85. The number of amides is 1. The van der Waals surface area contributed by atoms with Gasteiger partial charge in [0, 0.05) is 23.8 Å². The highest BCUT2D eigenvalue weighted by molar-refractivity contribution is 6.30. The Kier molecular flexibility index (Phi) is 5.13. The molecular formula is C16H17ClN2O. The number of hydrogen-bond acceptors (Lipinski definition) is 2. The van der Waals surface area contributed by atoms with Crippen molar-refractivity contribution in [3.63, 3.8) is 0 Å². The number of halogens is 1. The number of benzene rings is 1. The third-order valence-electron chi connectivity index (χ3n) is 3.09. The van der Waals surface area contributed by atoms with Gasteiger partial charge in [-0.1, -0.05) is 29.8 Å². The Morgan fingerprint density at radius 2 is 2.20 bits per heavy atom. The van der Waals surface area contributed by atoms with Crippen molar-refractivity contribution < 1.29 is 4.79 Å². The molecule has 0 aliphatic rings. The maximum atomic E-state index is 11.9. The molecule has 1 atom stereocenters. The molecule has 0 aliphatic heterocycles. The van der Waals surface area contributed by atoms with Gasteiger partial charge in [-0.3, -0.25) is 9.78 Å². The van der Waals surface area contributed by atoms with Crippen molar-refractivity contribution >= 4 is 17.5 Å². The SMILES string of the molecule is CC(NC(=O)CCc1cccnc1)c1cccc(Cl)c1. The van der Waals surface area contributed by atoms with Crippen molar-refractivity contribution in [3.8, 4) is 0 Å². The van der Waals surface area contributed by atoms with Crippen molar-refractivity contribution in [2.45, 2.75) is 25.8 Å². The van der Waals surface area contributed by atoms with Crippen LogP contribution < -0.4 is 5.32 Å². The molecule has 1 heterocycles. The van der Waals surface area contributed by atoms with Crippen LogP contribution in [-0.4, -0.2) is 10.9 Å². The molecule has 104 valence electrons. The van der Waals surface area contributed by atoms with E-state index < -0.39 is 0 Å². The van der Waals surface area contributed by atoms with Crippen LogP contribution in [-0.2, 0) is 11.2 Å². The molecule has 1 unspecified atom stereocenters. The molecule has 2 aromatic rings. The van der Waals surface area contributed by atoms with Gasteiger partial charge in [-0.2, -0.15) is 0 Å². The van der Waals surface area contributed by atoms with E-state index in [1.807, 2.05) is 43.3 Å². The zero-order chi connectivity index (χ0) is 14.4. The average molecular weight is 289 g/mol. The Hall–Kier alpha value is -1.87. The van der Waals surface area contributed by atoms with Crippen molar-refractivity contribution in [1.82, 2.24) is 10.3 Å². The van der Waals surface area contributed by atoms with Gasteiger partial charge in [0.05, 0.1) is 6.04 Å². The predicted octanol–water partition coefficient (Wildman–Crippen LogP) is 3.55. The second kappa shape index (κ2) is 7.06. The van der Waals surface area contributed by atoms with E-state index in [1.54, 1.807) is 12.4 Å². The van der Waals surface area contributed by atoms with Gasteiger partial charge in [-0.15, -0.1) is 0 Å². The van der Waals surface area contributed by atoms with Crippen LogP contribution in [0.25, 0.3) is 0 Å². The van der Waals surface area contributed by atoms with Crippen LogP contribution in [0.15, 0.2) is 48.8 Å². The molecule has 4 heteroatoms. The van der Waals surface area contributed by atoms with Crippen molar-refractivity contribution in [2.75, 3.05) is 0 Å². The van der Waals surface area contributed by atoms with Gasteiger partial charge in [0.25, 0.3) is 0 Å². The molecule has 0 spiro atoms. The minimum atomic E-state index is -0.0462. The van der Waals surface area contributed by atoms with Gasteiger partial charge in [0.2, 0.25) is 5.91 Å². The minimum absolute atomic E-state index is 0.0290. The summed E-state index contributed by atoms with van der Waals surface area (Å²) in [6, 6.07) is 11.3. The molecule has 0 bridgehead atoms. The topological polar surface area (TPSA) is 42.0 Å². The largest absolute Gasteiger partial charge is 0.350 e. The van der Waals surface area contributed by atoms with Gasteiger partial charge in [0.15, 0.2) is 0 Å². The first-order valence-electron chi connectivity index (χ1n) is 6.59. The third kappa shape index (κ3) is 4.35. The van der Waals surface area contributed by atoms with Crippen molar-refractivity contribution in [3.05, 3.63) is 64.9 Å². The van der Waals surface area contributed by atoms with Crippen LogP contribution >= 0.6 is 11.6 Å². The zero-order valence-corrected chi connectivity index (χ0v) is 12.1. The normalized spacial score (nSPS) is 11.9. The number of carbonyl (C=O) groups is 1. The highest BCUT2D eigenvalue weighted by Crippen LogP contribution is 2.17. The van der Waals surface area contributed by atoms with Crippen LogP contribution in [0.1, 0.15) is 30.5 Å². The lowest BCUT2D eigenvalue weighted by atomic mass is 10.1. The third-order valence-corrected chi connectivity index (χ3v) is 3.32. The van der Waals surface area contributed by atoms with Crippen molar-refractivity contribution in [1.29, 1.82) is 0 Å². The molecule has 0 fully saturated rings. The number of hydrogen-bond donors (Lipinski definition) is 1. The Morgan fingerprint density at radius 3 is 2.90 bits per heavy atom. The van der Waals surface area contributed by atoms with Crippen LogP contribution in [0.4, 0.5) is 0 Å². The summed E-state index contributed by atoms with van der Waals surface area (Å²) in [4.78, 5) is 16.0. The second-order valence-corrected chi connectivity index (χ2v) is 5.14. The fourth-order valence-electron chi connectivity index (χ4n) is 1.98. The van der Waals surface area contributed by atoms with E-state index in [0.717, 1.165) is 11.1 Å². The predicted molar refractivity (Wildman–Crippen MR) is 80.6 cm³/mol. The molecule has 2 rings (SSSR count). The number of pyridine rings is 1. The number of aromatic nitrogens is 1. The van der Waals surface area contributed by atoms with Gasteiger partial charge >= 0.3 is 0 Å². The maximum Gasteiger partial charge on any atom is 0.220 e. The summed E-state index contributed by atoms with van der Waals surface area (Å²) in [5.41, 5.74) is 2.07. The minimum Gasteiger partial charge on any atom is -0.350 e. The molecule has 1 amide bonds. The quantitative estimate of drug-likeness (QED) is 0.914. The summed E-state index contributed by atoms with van der Waals surface area (Å²) in [6.45, 7) is 1.95. The molecule has 0 saturated carbocycles. The summed E-state index contributed by atoms with van der Waals surface area (Å²) in [7, 11) is 0. The molecule has 0 aliphatic carbocycles. The van der Waals surface area contributed by atoms with Crippen molar-refractivity contribution in [2.24, 2.45) is 0 Å². The summed E-state index contributed by atoms with van der Waals surface area (Å²) < 4.78 is 0. The van der Waals surface area contributed by atoms with E-state index >= 15 is 0 Å². The summed E-state index contributed by atoms with van der Waals surface area (Å²) >= 11 is 5.95. The first-order chi connectivity index (χ1) is 9.65. The second-order valence-electron chi connectivity index (χ2n) is 4.71. The van der Waals surface area contributed by atoms with E-state index in [1.165, 1.54) is 0 Å². The van der Waals surface area contributed by atoms with Crippen LogP contribution in [0, 0.1) is 0 Å². The van der Waals surface area contributed by atoms with E-state index in [0.29, 0.717) is 17.9 Å². The smallest absolute Gasteiger partial charge is 0.220 e. The van der Waals surface area contributed by atoms with E-state index in [9.17, 15) is 4.79 Å². The number of nitrogens with one attached hydrogen (secondary N) is 1. The standard InChI is InChI=1S/C16H17ClN2O/c1-12(14-5-2-6-15(17)10-14)19-16(20)8-7-13-4-3-9-18-11-13/h2-6,9-12H,7-8H2,1H3,(H,19,20). The molecule has 20 heavy (non-hydrogen) atoms. The number of aryl methyl sites for hydroxylation is 1. The van der Waals surface area contributed by atoms with Gasteiger partial charge < -0.3 is 5.32 Å². The maximum absolute atomic E-state index is 11.9. The van der Waals surface area contributed by atoms with E-state index in [2.05, 4.69) is 10.3 Å². The Labute approximate surface area is 124 Å². The summed E-state index contributed by atoms with van der Waals surface area (Å²) in [6.07, 6.45) is 4.66. The number of rotatable bonds is 5.